The third kappa shape index (κ3) is 4.53. The van der Waals surface area contributed by atoms with E-state index < -0.39 is 0 Å². The molecule has 0 N–H and O–H groups in total. The van der Waals surface area contributed by atoms with E-state index >= 15 is 0 Å². The molecule has 1 amide bonds. The van der Waals surface area contributed by atoms with Crippen molar-refractivity contribution >= 4 is 17.7 Å². The second-order valence-electron chi connectivity index (χ2n) is 5.30. The Morgan fingerprint density at radius 2 is 2.00 bits per heavy atom. The number of amides is 1. The zero-order valence-corrected chi connectivity index (χ0v) is 13.3. The Hall–Kier alpha value is -1.00. The number of thioether (sulfide) groups is 1. The Kier molecular flexibility index (Phi) is 5.92. The second kappa shape index (κ2) is 7.70. The minimum atomic E-state index is 0.290. The van der Waals surface area contributed by atoms with Crippen LogP contribution in [0.2, 0.25) is 0 Å². The third-order valence-corrected chi connectivity index (χ3v) is 4.74. The largest absolute Gasteiger partial charge is 0.339 e. The van der Waals surface area contributed by atoms with Crippen LogP contribution in [0.15, 0.2) is 24.3 Å². The molecular weight excluding hydrogens is 268 g/mol. The van der Waals surface area contributed by atoms with Crippen molar-refractivity contribution in [2.24, 2.45) is 0 Å². The number of nitrogens with zero attached hydrogens (tertiary/aromatic N) is 2. The minimum Gasteiger partial charge on any atom is -0.339 e. The van der Waals surface area contributed by atoms with Crippen molar-refractivity contribution in [2.45, 2.75) is 19.6 Å². The molecule has 0 aromatic heterocycles. The van der Waals surface area contributed by atoms with E-state index in [0.717, 1.165) is 38.5 Å². The van der Waals surface area contributed by atoms with E-state index in [1.807, 2.05) is 4.90 Å². The summed E-state index contributed by atoms with van der Waals surface area (Å²) in [5, 5.41) is 0. The van der Waals surface area contributed by atoms with Gasteiger partial charge < -0.3 is 9.80 Å². The summed E-state index contributed by atoms with van der Waals surface area (Å²) in [5.74, 6) is 1.81. The van der Waals surface area contributed by atoms with Crippen LogP contribution in [0.25, 0.3) is 0 Å². The zero-order valence-electron chi connectivity index (χ0n) is 12.5. The number of hydrogen-bond donors (Lipinski definition) is 0. The van der Waals surface area contributed by atoms with Crippen molar-refractivity contribution < 1.29 is 4.79 Å². The standard InChI is InChI=1S/C16H24N2OS/c1-3-17-7-9-18(10-8-17)16(19)13-20-12-15-6-4-5-14(2)11-15/h4-6,11H,3,7-10,12-13H2,1-2H3. The summed E-state index contributed by atoms with van der Waals surface area (Å²) in [7, 11) is 0. The van der Waals surface area contributed by atoms with Gasteiger partial charge in [0.1, 0.15) is 0 Å². The SMILES string of the molecule is CCN1CCN(C(=O)CSCc2cccc(C)c2)CC1. The molecule has 4 heteroatoms. The molecule has 1 heterocycles. The molecule has 0 radical (unpaired) electrons. The molecule has 110 valence electrons. The monoisotopic (exact) mass is 292 g/mol. The first kappa shape index (κ1) is 15.4. The van der Waals surface area contributed by atoms with Crippen molar-refractivity contribution in [3.8, 4) is 0 Å². The Balaban J connectivity index is 1.70. The summed E-state index contributed by atoms with van der Waals surface area (Å²) in [6.07, 6.45) is 0. The van der Waals surface area contributed by atoms with E-state index in [2.05, 4.69) is 43.0 Å². The van der Waals surface area contributed by atoms with Gasteiger partial charge in [-0.2, -0.15) is 0 Å². The molecule has 1 aliphatic rings. The predicted molar refractivity (Wildman–Crippen MR) is 86.0 cm³/mol. The summed E-state index contributed by atoms with van der Waals surface area (Å²) >= 11 is 1.72. The van der Waals surface area contributed by atoms with Crippen LogP contribution in [0.1, 0.15) is 18.1 Å². The average molecular weight is 292 g/mol. The average Bonchev–Trinajstić information content (AvgIpc) is 2.47. The minimum absolute atomic E-state index is 0.290. The van der Waals surface area contributed by atoms with E-state index in [1.165, 1.54) is 11.1 Å². The lowest BCUT2D eigenvalue weighted by Crippen LogP contribution is -2.49. The van der Waals surface area contributed by atoms with Gasteiger partial charge in [0.2, 0.25) is 5.91 Å². The van der Waals surface area contributed by atoms with Crippen molar-refractivity contribution in [1.29, 1.82) is 0 Å². The second-order valence-corrected chi connectivity index (χ2v) is 6.28. The molecule has 3 nitrogen and oxygen atoms in total. The lowest BCUT2D eigenvalue weighted by Gasteiger charge is -2.34. The summed E-state index contributed by atoms with van der Waals surface area (Å²) in [5.41, 5.74) is 2.59. The Labute approximate surface area is 126 Å². The van der Waals surface area contributed by atoms with Gasteiger partial charge in [0.05, 0.1) is 5.75 Å². The molecule has 0 spiro atoms. The van der Waals surface area contributed by atoms with Crippen LogP contribution in [0.4, 0.5) is 0 Å². The number of likely N-dealkylation sites (N-methyl/N-ethyl adjacent to an activating group) is 1. The number of carbonyl (C=O) groups excluding carboxylic acids is 1. The predicted octanol–water partition coefficient (Wildman–Crippen LogP) is 2.39. The molecule has 1 aromatic carbocycles. The van der Waals surface area contributed by atoms with E-state index in [1.54, 1.807) is 11.8 Å². The molecular formula is C16H24N2OS. The molecule has 0 atom stereocenters. The number of piperazine rings is 1. The molecule has 1 aliphatic heterocycles. The molecule has 20 heavy (non-hydrogen) atoms. The van der Waals surface area contributed by atoms with Crippen molar-refractivity contribution in [2.75, 3.05) is 38.5 Å². The van der Waals surface area contributed by atoms with Crippen molar-refractivity contribution in [1.82, 2.24) is 9.80 Å². The molecule has 0 saturated carbocycles. The summed E-state index contributed by atoms with van der Waals surface area (Å²) < 4.78 is 0. The fourth-order valence-corrected chi connectivity index (χ4v) is 3.34. The topological polar surface area (TPSA) is 23.6 Å². The smallest absolute Gasteiger partial charge is 0.232 e. The fourth-order valence-electron chi connectivity index (χ4n) is 2.46. The van der Waals surface area contributed by atoms with Gasteiger partial charge >= 0.3 is 0 Å². The van der Waals surface area contributed by atoms with E-state index in [0.29, 0.717) is 11.7 Å². The Morgan fingerprint density at radius 3 is 2.65 bits per heavy atom. The van der Waals surface area contributed by atoms with Crippen molar-refractivity contribution in [3.05, 3.63) is 35.4 Å². The van der Waals surface area contributed by atoms with Crippen LogP contribution in [0.3, 0.4) is 0 Å². The van der Waals surface area contributed by atoms with Crippen LogP contribution >= 0.6 is 11.8 Å². The molecule has 0 aliphatic carbocycles. The van der Waals surface area contributed by atoms with Gasteiger partial charge in [-0.25, -0.2) is 0 Å². The van der Waals surface area contributed by atoms with E-state index in [-0.39, 0.29) is 0 Å². The molecule has 0 bridgehead atoms. The lowest BCUT2D eigenvalue weighted by atomic mass is 10.2. The maximum atomic E-state index is 12.1. The van der Waals surface area contributed by atoms with Crippen molar-refractivity contribution in [3.63, 3.8) is 0 Å². The molecule has 0 unspecified atom stereocenters. The summed E-state index contributed by atoms with van der Waals surface area (Å²) in [4.78, 5) is 16.5. The fraction of sp³-hybridized carbons (Fsp3) is 0.562. The van der Waals surface area contributed by atoms with Gasteiger partial charge in [-0.3, -0.25) is 4.79 Å². The number of carbonyl (C=O) groups is 1. The molecule has 1 aromatic rings. The van der Waals surface area contributed by atoms with Gasteiger partial charge in [0.25, 0.3) is 0 Å². The van der Waals surface area contributed by atoms with Crippen LogP contribution < -0.4 is 0 Å². The highest BCUT2D eigenvalue weighted by molar-refractivity contribution is 7.99. The quantitative estimate of drug-likeness (QED) is 0.832. The van der Waals surface area contributed by atoms with Gasteiger partial charge in [0.15, 0.2) is 0 Å². The lowest BCUT2D eigenvalue weighted by molar-refractivity contribution is -0.130. The van der Waals surface area contributed by atoms with Crippen LogP contribution in [-0.2, 0) is 10.5 Å². The first-order valence-electron chi connectivity index (χ1n) is 7.32. The third-order valence-electron chi connectivity index (χ3n) is 3.75. The van der Waals surface area contributed by atoms with Gasteiger partial charge in [-0.15, -0.1) is 11.8 Å². The van der Waals surface area contributed by atoms with Crippen LogP contribution in [0, 0.1) is 6.92 Å². The van der Waals surface area contributed by atoms with Gasteiger partial charge in [-0.05, 0) is 19.0 Å². The van der Waals surface area contributed by atoms with E-state index in [9.17, 15) is 4.79 Å². The zero-order chi connectivity index (χ0) is 14.4. The molecule has 1 saturated heterocycles. The Morgan fingerprint density at radius 1 is 1.25 bits per heavy atom. The van der Waals surface area contributed by atoms with E-state index in [4.69, 9.17) is 0 Å². The highest BCUT2D eigenvalue weighted by Crippen LogP contribution is 2.14. The number of aryl methyl sites for hydroxylation is 1. The van der Waals surface area contributed by atoms with Crippen LogP contribution in [0.5, 0.6) is 0 Å². The summed E-state index contributed by atoms with van der Waals surface area (Å²) in [6.45, 7) is 9.18. The van der Waals surface area contributed by atoms with Crippen LogP contribution in [-0.4, -0.2) is 54.2 Å². The molecule has 2 rings (SSSR count). The highest BCUT2D eigenvalue weighted by Gasteiger charge is 2.19. The number of hydrogen-bond acceptors (Lipinski definition) is 3. The number of rotatable bonds is 5. The maximum Gasteiger partial charge on any atom is 0.232 e. The first-order valence-corrected chi connectivity index (χ1v) is 8.48. The van der Waals surface area contributed by atoms with Gasteiger partial charge in [0, 0.05) is 31.9 Å². The Bertz CT molecular complexity index is 442. The summed E-state index contributed by atoms with van der Waals surface area (Å²) in [6, 6.07) is 8.51. The highest BCUT2D eigenvalue weighted by atomic mass is 32.2. The molecule has 1 fully saturated rings. The number of benzene rings is 1. The first-order chi connectivity index (χ1) is 9.69. The normalized spacial score (nSPS) is 16.4. The maximum absolute atomic E-state index is 12.1. The van der Waals surface area contributed by atoms with Gasteiger partial charge in [-0.1, -0.05) is 36.8 Å².